The van der Waals surface area contributed by atoms with Gasteiger partial charge in [0.05, 0.1) is 11.4 Å². The van der Waals surface area contributed by atoms with Gasteiger partial charge in [0.1, 0.15) is 6.01 Å². The van der Waals surface area contributed by atoms with Gasteiger partial charge in [-0.2, -0.15) is 9.98 Å². The van der Waals surface area contributed by atoms with Crippen LogP contribution in [-0.2, 0) is 0 Å². The summed E-state index contributed by atoms with van der Waals surface area (Å²) >= 11 is 0. The number of hydrogen-bond acceptors (Lipinski definition) is 2. The fourth-order valence-electron chi connectivity index (χ4n) is 2.29. The first kappa shape index (κ1) is 20.9. The molecular weight excluding hydrogens is 304 g/mol. The molecule has 25 heavy (non-hydrogen) atoms. The number of hydrogen-bond donors (Lipinski definition) is 0. The summed E-state index contributed by atoms with van der Waals surface area (Å²) in [6, 6.07) is 19.2. The van der Waals surface area contributed by atoms with Crippen LogP contribution in [0.4, 0.5) is 11.4 Å². The van der Waals surface area contributed by atoms with Crippen molar-refractivity contribution in [3.63, 3.8) is 0 Å². The Bertz CT molecular complexity index is 647. The summed E-state index contributed by atoms with van der Waals surface area (Å²) in [5.41, 5.74) is 4.33. The van der Waals surface area contributed by atoms with Crippen molar-refractivity contribution in [3.05, 3.63) is 59.7 Å². The van der Waals surface area contributed by atoms with E-state index in [0.29, 0.717) is 11.8 Å². The van der Waals surface area contributed by atoms with Gasteiger partial charge in [0.15, 0.2) is 0 Å². The quantitative estimate of drug-likeness (QED) is 0.510. The molecule has 2 heteroatoms. The minimum atomic E-state index is 0.440. The first-order valence-corrected chi connectivity index (χ1v) is 9.17. The molecule has 2 aromatic rings. The molecule has 0 aromatic heterocycles. The van der Waals surface area contributed by atoms with E-state index >= 15 is 0 Å². The highest BCUT2D eigenvalue weighted by atomic mass is 14.8. The summed E-state index contributed by atoms with van der Waals surface area (Å²) in [5, 5.41) is 0. The average Bonchev–Trinajstić information content (AvgIpc) is 2.55. The van der Waals surface area contributed by atoms with Gasteiger partial charge in [0.2, 0.25) is 0 Å². The largest absolute Gasteiger partial charge is 0.187 e. The second-order valence-electron chi connectivity index (χ2n) is 7.48. The zero-order valence-corrected chi connectivity index (χ0v) is 16.7. The fraction of sp³-hybridized carbons (Fsp3) is 0.435. The molecule has 0 radical (unpaired) electrons. The second kappa shape index (κ2) is 10.6. The van der Waals surface area contributed by atoms with Gasteiger partial charge in [-0.15, -0.1) is 0 Å². The van der Waals surface area contributed by atoms with Crippen LogP contribution in [0.1, 0.15) is 71.4 Å². The topological polar surface area (TPSA) is 24.7 Å². The molecule has 0 heterocycles. The molecule has 0 unspecified atom stereocenters. The van der Waals surface area contributed by atoms with Crippen molar-refractivity contribution >= 4 is 17.4 Å². The van der Waals surface area contributed by atoms with E-state index in [4.69, 9.17) is 0 Å². The Morgan fingerprint density at radius 1 is 0.600 bits per heavy atom. The predicted octanol–water partition coefficient (Wildman–Crippen LogP) is 7.73. The van der Waals surface area contributed by atoms with Crippen LogP contribution in [0, 0.1) is 5.92 Å². The third kappa shape index (κ3) is 7.49. The predicted molar refractivity (Wildman–Crippen MR) is 111 cm³/mol. The van der Waals surface area contributed by atoms with Crippen LogP contribution in [0.5, 0.6) is 0 Å². The molecule has 2 nitrogen and oxygen atoms in total. The average molecular weight is 337 g/mol. The van der Waals surface area contributed by atoms with E-state index in [0.717, 1.165) is 17.3 Å². The third-order valence-electron chi connectivity index (χ3n) is 3.46. The van der Waals surface area contributed by atoms with Gasteiger partial charge in [0, 0.05) is 0 Å². The number of benzene rings is 2. The Kier molecular flexibility index (Phi) is 8.88. The lowest BCUT2D eigenvalue weighted by Crippen LogP contribution is -1.87. The van der Waals surface area contributed by atoms with Crippen LogP contribution in [0.25, 0.3) is 0 Å². The van der Waals surface area contributed by atoms with Crippen LogP contribution in [0.15, 0.2) is 58.5 Å². The molecule has 0 fully saturated rings. The van der Waals surface area contributed by atoms with Gasteiger partial charge >= 0.3 is 0 Å². The minimum Gasteiger partial charge on any atom is -0.187 e. The van der Waals surface area contributed by atoms with Crippen molar-refractivity contribution in [2.45, 2.75) is 60.3 Å². The Hall–Kier alpha value is -2.18. The lowest BCUT2D eigenvalue weighted by atomic mass is 10.0. The van der Waals surface area contributed by atoms with E-state index in [9.17, 15) is 0 Å². The van der Waals surface area contributed by atoms with E-state index in [-0.39, 0.29) is 0 Å². The molecule has 0 aliphatic carbocycles. The highest BCUT2D eigenvalue weighted by Gasteiger charge is 2.05. The maximum atomic E-state index is 4.41. The molecule has 0 aliphatic heterocycles. The highest BCUT2D eigenvalue weighted by molar-refractivity contribution is 5.62. The monoisotopic (exact) mass is 336 g/mol. The van der Waals surface area contributed by atoms with Gasteiger partial charge in [-0.05, 0) is 41.0 Å². The second-order valence-corrected chi connectivity index (χ2v) is 7.48. The fourth-order valence-corrected chi connectivity index (χ4v) is 2.29. The summed E-state index contributed by atoms with van der Waals surface area (Å²) in [6.07, 6.45) is 0. The number of nitrogens with zero attached hydrogens (tertiary/aromatic N) is 2. The van der Waals surface area contributed by atoms with Gasteiger partial charge in [-0.1, -0.05) is 84.9 Å². The van der Waals surface area contributed by atoms with Gasteiger partial charge < -0.3 is 0 Å². The maximum Gasteiger partial charge on any atom is 0.100 e. The summed E-state index contributed by atoms with van der Waals surface area (Å²) in [5.74, 6) is 1.71. The molecule has 0 amide bonds. The van der Waals surface area contributed by atoms with Crippen LogP contribution in [-0.4, -0.2) is 6.01 Å². The van der Waals surface area contributed by atoms with Crippen molar-refractivity contribution in [1.82, 2.24) is 0 Å². The molecule has 0 bridgehead atoms. The number of rotatable bonds is 4. The van der Waals surface area contributed by atoms with Crippen LogP contribution in [0.2, 0.25) is 0 Å². The third-order valence-corrected chi connectivity index (χ3v) is 3.46. The van der Waals surface area contributed by atoms with Crippen molar-refractivity contribution in [1.29, 1.82) is 0 Å². The molecule has 0 atom stereocenters. The smallest absolute Gasteiger partial charge is 0.100 e. The van der Waals surface area contributed by atoms with E-state index in [1.807, 2.05) is 36.4 Å². The zero-order chi connectivity index (χ0) is 18.8. The van der Waals surface area contributed by atoms with E-state index in [1.165, 1.54) is 11.1 Å². The van der Waals surface area contributed by atoms with Crippen LogP contribution < -0.4 is 0 Å². The SMILES string of the molecule is CC(C)C.CC(C)c1ccccc1N=C=Nc1ccccc1C(C)C. The molecule has 0 N–H and O–H groups in total. The van der Waals surface area contributed by atoms with E-state index in [1.54, 1.807) is 0 Å². The van der Waals surface area contributed by atoms with Crippen molar-refractivity contribution in [2.75, 3.05) is 0 Å². The summed E-state index contributed by atoms with van der Waals surface area (Å²) in [6.45, 7) is 15.2. The first-order chi connectivity index (χ1) is 11.8. The van der Waals surface area contributed by atoms with E-state index < -0.39 is 0 Å². The number of para-hydroxylation sites is 2. The van der Waals surface area contributed by atoms with Gasteiger partial charge in [-0.25, -0.2) is 0 Å². The first-order valence-electron chi connectivity index (χ1n) is 9.17. The van der Waals surface area contributed by atoms with Crippen molar-refractivity contribution in [2.24, 2.45) is 15.9 Å². The summed E-state index contributed by atoms with van der Waals surface area (Å²) in [4.78, 5) is 8.81. The molecule has 0 aliphatic rings. The normalized spacial score (nSPS) is 10.3. The molecular formula is C23H32N2. The Morgan fingerprint density at radius 2 is 0.920 bits per heavy atom. The molecule has 0 saturated heterocycles. The zero-order valence-electron chi connectivity index (χ0n) is 16.7. The van der Waals surface area contributed by atoms with Crippen LogP contribution in [0.3, 0.4) is 0 Å². The van der Waals surface area contributed by atoms with Crippen molar-refractivity contribution < 1.29 is 0 Å². The summed E-state index contributed by atoms with van der Waals surface area (Å²) in [7, 11) is 0. The molecule has 0 saturated carbocycles. The van der Waals surface area contributed by atoms with Gasteiger partial charge in [-0.3, -0.25) is 0 Å². The molecule has 2 aromatic carbocycles. The highest BCUT2D eigenvalue weighted by Crippen LogP contribution is 2.27. The maximum absolute atomic E-state index is 4.41. The summed E-state index contributed by atoms with van der Waals surface area (Å²) < 4.78 is 0. The van der Waals surface area contributed by atoms with Crippen molar-refractivity contribution in [3.8, 4) is 0 Å². The Balaban J connectivity index is 0.000000705. The van der Waals surface area contributed by atoms with Gasteiger partial charge in [0.25, 0.3) is 0 Å². The lowest BCUT2D eigenvalue weighted by Gasteiger charge is -2.07. The standard InChI is InChI=1S/C19H22N2.C4H10/c1-14(2)16-9-5-7-11-18(16)20-13-21-19-12-8-6-10-17(19)15(3)4;1-4(2)3/h5-12,14-15H,1-4H3;4H,1-3H3. The molecule has 2 rings (SSSR count). The Morgan fingerprint density at radius 3 is 1.24 bits per heavy atom. The molecule has 134 valence electrons. The lowest BCUT2D eigenvalue weighted by molar-refractivity contribution is 0.737. The van der Waals surface area contributed by atoms with Crippen LogP contribution >= 0.6 is 0 Å². The molecule has 0 spiro atoms. The Labute approximate surface area is 153 Å². The number of aliphatic imine (C=N–C) groups is 2. The minimum absolute atomic E-state index is 0.440. The van der Waals surface area contributed by atoms with E-state index in [2.05, 4.69) is 76.6 Å².